The molecule has 0 atom stereocenters. The quantitative estimate of drug-likeness (QED) is 0.842. The Hall–Kier alpha value is -1.71. The van der Waals surface area contributed by atoms with Crippen molar-refractivity contribution in [1.29, 1.82) is 0 Å². The Morgan fingerprint density at radius 2 is 1.78 bits per heavy atom. The minimum absolute atomic E-state index is 0.306. The van der Waals surface area contributed by atoms with E-state index in [1.165, 1.54) is 16.8 Å². The third kappa shape index (κ3) is 3.15. The SMILES string of the molecule is Cc1cc(C)cc(NC2CCN(C(N)=O)CC2)c1. The smallest absolute Gasteiger partial charge is 0.314 e. The minimum atomic E-state index is -0.306. The Morgan fingerprint density at radius 3 is 2.28 bits per heavy atom. The fraction of sp³-hybridized carbons (Fsp3) is 0.500. The van der Waals surface area contributed by atoms with Crippen molar-refractivity contribution in [3.05, 3.63) is 29.3 Å². The normalized spacial score (nSPS) is 16.7. The Labute approximate surface area is 108 Å². The van der Waals surface area contributed by atoms with Crippen LogP contribution in [0, 0.1) is 13.8 Å². The number of anilines is 1. The van der Waals surface area contributed by atoms with Crippen LogP contribution in [0.15, 0.2) is 18.2 Å². The lowest BCUT2D eigenvalue weighted by atomic mass is 10.0. The van der Waals surface area contributed by atoms with Crippen LogP contribution in [-0.4, -0.2) is 30.1 Å². The number of carbonyl (C=O) groups excluding carboxylic acids is 1. The van der Waals surface area contributed by atoms with Crippen LogP contribution >= 0.6 is 0 Å². The molecule has 0 radical (unpaired) electrons. The molecular formula is C14H21N3O. The van der Waals surface area contributed by atoms with Crippen molar-refractivity contribution in [2.24, 2.45) is 5.73 Å². The zero-order valence-corrected chi connectivity index (χ0v) is 11.1. The largest absolute Gasteiger partial charge is 0.382 e. The van der Waals surface area contributed by atoms with Gasteiger partial charge in [-0.25, -0.2) is 4.79 Å². The standard InChI is InChI=1S/C14H21N3O/c1-10-7-11(2)9-13(8-10)16-12-3-5-17(6-4-12)14(15)18/h7-9,12,16H,3-6H2,1-2H3,(H2,15,18). The highest BCUT2D eigenvalue weighted by Gasteiger charge is 2.20. The second-order valence-corrected chi connectivity index (χ2v) is 5.12. The number of carbonyl (C=O) groups is 1. The summed E-state index contributed by atoms with van der Waals surface area (Å²) in [6, 6.07) is 6.61. The summed E-state index contributed by atoms with van der Waals surface area (Å²) >= 11 is 0. The van der Waals surface area contributed by atoms with Gasteiger partial charge in [-0.15, -0.1) is 0 Å². The van der Waals surface area contributed by atoms with E-state index in [2.05, 4.69) is 37.4 Å². The first-order valence-corrected chi connectivity index (χ1v) is 6.44. The Balaban J connectivity index is 1.93. The average Bonchev–Trinajstić information content (AvgIpc) is 2.28. The molecule has 1 aliphatic rings. The number of likely N-dealkylation sites (tertiary alicyclic amines) is 1. The highest BCUT2D eigenvalue weighted by Crippen LogP contribution is 2.19. The van der Waals surface area contributed by atoms with E-state index in [9.17, 15) is 4.79 Å². The number of urea groups is 1. The molecule has 0 spiro atoms. The molecule has 1 aromatic rings. The molecule has 0 bridgehead atoms. The van der Waals surface area contributed by atoms with E-state index in [1.54, 1.807) is 4.90 Å². The van der Waals surface area contributed by atoms with Gasteiger partial charge in [0.1, 0.15) is 0 Å². The van der Waals surface area contributed by atoms with E-state index in [-0.39, 0.29) is 6.03 Å². The maximum Gasteiger partial charge on any atom is 0.314 e. The summed E-state index contributed by atoms with van der Waals surface area (Å²) in [5.74, 6) is 0. The maximum absolute atomic E-state index is 11.0. The van der Waals surface area contributed by atoms with Gasteiger partial charge in [0.05, 0.1) is 0 Å². The van der Waals surface area contributed by atoms with E-state index < -0.39 is 0 Å². The molecule has 0 aliphatic carbocycles. The van der Waals surface area contributed by atoms with E-state index >= 15 is 0 Å². The number of primary amides is 1. The molecule has 1 aromatic carbocycles. The zero-order valence-electron chi connectivity index (χ0n) is 11.1. The van der Waals surface area contributed by atoms with Gasteiger partial charge >= 0.3 is 6.03 Å². The Kier molecular flexibility index (Phi) is 3.75. The fourth-order valence-electron chi connectivity index (χ4n) is 2.54. The van der Waals surface area contributed by atoms with Crippen LogP contribution in [0.1, 0.15) is 24.0 Å². The molecule has 0 aromatic heterocycles. The van der Waals surface area contributed by atoms with Crippen LogP contribution < -0.4 is 11.1 Å². The van der Waals surface area contributed by atoms with Crippen molar-refractivity contribution in [2.45, 2.75) is 32.7 Å². The van der Waals surface area contributed by atoms with Gasteiger partial charge < -0.3 is 16.0 Å². The summed E-state index contributed by atoms with van der Waals surface area (Å²) in [5.41, 5.74) is 8.98. The van der Waals surface area contributed by atoms with Crippen LogP contribution in [0.4, 0.5) is 10.5 Å². The van der Waals surface area contributed by atoms with Crippen molar-refractivity contribution >= 4 is 11.7 Å². The number of piperidine rings is 1. The van der Waals surface area contributed by atoms with E-state index in [4.69, 9.17) is 5.73 Å². The van der Waals surface area contributed by atoms with Crippen LogP contribution in [-0.2, 0) is 0 Å². The van der Waals surface area contributed by atoms with Crippen molar-refractivity contribution < 1.29 is 4.79 Å². The maximum atomic E-state index is 11.0. The number of amides is 2. The second kappa shape index (κ2) is 5.29. The highest BCUT2D eigenvalue weighted by atomic mass is 16.2. The number of aryl methyl sites for hydroxylation is 2. The fourth-order valence-corrected chi connectivity index (χ4v) is 2.54. The third-order valence-electron chi connectivity index (χ3n) is 3.40. The van der Waals surface area contributed by atoms with Crippen LogP contribution in [0.3, 0.4) is 0 Å². The predicted octanol–water partition coefficient (Wildman–Crippen LogP) is 2.26. The topological polar surface area (TPSA) is 58.4 Å². The summed E-state index contributed by atoms with van der Waals surface area (Å²) < 4.78 is 0. The van der Waals surface area contributed by atoms with Gasteiger partial charge in [0.2, 0.25) is 0 Å². The molecule has 1 aliphatic heterocycles. The summed E-state index contributed by atoms with van der Waals surface area (Å²) in [5, 5.41) is 3.54. The molecule has 0 saturated carbocycles. The first-order chi connectivity index (χ1) is 8.54. The molecular weight excluding hydrogens is 226 g/mol. The van der Waals surface area contributed by atoms with E-state index in [0.29, 0.717) is 6.04 Å². The van der Waals surface area contributed by atoms with Gasteiger partial charge in [-0.2, -0.15) is 0 Å². The first kappa shape index (κ1) is 12.7. The first-order valence-electron chi connectivity index (χ1n) is 6.44. The third-order valence-corrected chi connectivity index (χ3v) is 3.40. The number of nitrogens with zero attached hydrogens (tertiary/aromatic N) is 1. The molecule has 98 valence electrons. The summed E-state index contributed by atoms with van der Waals surface area (Å²) in [7, 11) is 0. The minimum Gasteiger partial charge on any atom is -0.382 e. The van der Waals surface area contributed by atoms with Gasteiger partial charge in [0.15, 0.2) is 0 Å². The zero-order chi connectivity index (χ0) is 13.1. The molecule has 4 nitrogen and oxygen atoms in total. The number of nitrogens with one attached hydrogen (secondary N) is 1. The highest BCUT2D eigenvalue weighted by molar-refractivity contribution is 5.72. The van der Waals surface area contributed by atoms with Crippen molar-refractivity contribution in [1.82, 2.24) is 4.90 Å². The molecule has 1 saturated heterocycles. The number of rotatable bonds is 2. The average molecular weight is 247 g/mol. The molecule has 2 amide bonds. The molecule has 1 heterocycles. The predicted molar refractivity (Wildman–Crippen MR) is 73.7 cm³/mol. The summed E-state index contributed by atoms with van der Waals surface area (Å²) in [4.78, 5) is 12.7. The van der Waals surface area contributed by atoms with Gasteiger partial charge in [0.25, 0.3) is 0 Å². The van der Waals surface area contributed by atoms with E-state index in [0.717, 1.165) is 25.9 Å². The van der Waals surface area contributed by atoms with E-state index in [1.807, 2.05) is 0 Å². The lowest BCUT2D eigenvalue weighted by molar-refractivity contribution is 0.193. The van der Waals surface area contributed by atoms with Gasteiger partial charge in [-0.1, -0.05) is 6.07 Å². The lowest BCUT2D eigenvalue weighted by Crippen LogP contribution is -2.44. The monoisotopic (exact) mass is 247 g/mol. The van der Waals surface area contributed by atoms with Crippen molar-refractivity contribution in [2.75, 3.05) is 18.4 Å². The molecule has 18 heavy (non-hydrogen) atoms. The van der Waals surface area contributed by atoms with Crippen LogP contribution in [0.5, 0.6) is 0 Å². The number of hydrogen-bond donors (Lipinski definition) is 2. The van der Waals surface area contributed by atoms with Crippen LogP contribution in [0.2, 0.25) is 0 Å². The number of hydrogen-bond acceptors (Lipinski definition) is 2. The Bertz CT molecular complexity index is 416. The molecule has 3 N–H and O–H groups in total. The molecule has 1 fully saturated rings. The van der Waals surface area contributed by atoms with Gasteiger partial charge in [-0.05, 0) is 49.9 Å². The van der Waals surface area contributed by atoms with Crippen molar-refractivity contribution in [3.63, 3.8) is 0 Å². The number of benzene rings is 1. The Morgan fingerprint density at radius 1 is 1.22 bits per heavy atom. The lowest BCUT2D eigenvalue weighted by Gasteiger charge is -2.31. The number of nitrogens with two attached hydrogens (primary N) is 1. The molecule has 0 unspecified atom stereocenters. The molecule has 4 heteroatoms. The summed E-state index contributed by atoms with van der Waals surface area (Å²) in [6.45, 7) is 5.71. The second-order valence-electron chi connectivity index (χ2n) is 5.12. The van der Waals surface area contributed by atoms with Gasteiger partial charge in [-0.3, -0.25) is 0 Å². The summed E-state index contributed by atoms with van der Waals surface area (Å²) in [6.07, 6.45) is 1.91. The van der Waals surface area contributed by atoms with Gasteiger partial charge in [0, 0.05) is 24.8 Å². The van der Waals surface area contributed by atoms with Crippen molar-refractivity contribution in [3.8, 4) is 0 Å². The van der Waals surface area contributed by atoms with Crippen LogP contribution in [0.25, 0.3) is 0 Å². The molecule has 2 rings (SSSR count).